The van der Waals surface area contributed by atoms with Crippen LogP contribution in [0, 0.1) is 0 Å². The van der Waals surface area contributed by atoms with Crippen molar-refractivity contribution in [3.8, 4) is 0 Å². The molecule has 0 fully saturated rings. The highest BCUT2D eigenvalue weighted by Crippen LogP contribution is 2.23. The third-order valence-electron chi connectivity index (χ3n) is 2.68. The number of carbonyl (C=O) groups is 2. The number of nitrogens with two attached hydrogens (primary N) is 1. The van der Waals surface area contributed by atoms with Crippen LogP contribution >= 0.6 is 0 Å². The zero-order valence-corrected chi connectivity index (χ0v) is 11.5. The quantitative estimate of drug-likeness (QED) is 0.663. The summed E-state index contributed by atoms with van der Waals surface area (Å²) in [7, 11) is 3.34. The summed E-state index contributed by atoms with van der Waals surface area (Å²) in [6.07, 6.45) is 0. The molecule has 0 aliphatic carbocycles. The zero-order valence-electron chi connectivity index (χ0n) is 11.5. The predicted octanol–water partition coefficient (Wildman–Crippen LogP) is 0.201. The number of nitrogens with zero attached hydrogens (tertiary/aromatic N) is 1. The van der Waals surface area contributed by atoms with Gasteiger partial charge in [-0.25, -0.2) is 0 Å². The minimum Gasteiger partial charge on any atom is -0.397 e. The fourth-order valence-corrected chi connectivity index (χ4v) is 1.74. The van der Waals surface area contributed by atoms with Crippen LogP contribution in [-0.2, 0) is 4.79 Å². The molecule has 4 N–H and O–H groups in total. The summed E-state index contributed by atoms with van der Waals surface area (Å²) in [6, 6.07) is 5.01. The van der Waals surface area contributed by atoms with Crippen LogP contribution in [-0.4, -0.2) is 39.0 Å². The molecular formula is C13H20N4O2. The normalized spacial score (nSPS) is 9.84. The Morgan fingerprint density at radius 2 is 2.05 bits per heavy atom. The molecular weight excluding hydrogens is 244 g/mol. The van der Waals surface area contributed by atoms with Gasteiger partial charge in [-0.2, -0.15) is 0 Å². The van der Waals surface area contributed by atoms with E-state index in [1.165, 1.54) is 0 Å². The minimum absolute atomic E-state index is 0.0697. The number of nitrogens with one attached hydrogen (secondary N) is 2. The van der Waals surface area contributed by atoms with E-state index in [1.807, 2.05) is 6.92 Å². The summed E-state index contributed by atoms with van der Waals surface area (Å²) in [6.45, 7) is 2.68. The molecule has 0 aliphatic heterocycles. The molecule has 1 aromatic carbocycles. The zero-order chi connectivity index (χ0) is 14.4. The molecule has 0 aromatic heterocycles. The van der Waals surface area contributed by atoms with Crippen molar-refractivity contribution in [1.82, 2.24) is 10.6 Å². The van der Waals surface area contributed by atoms with Gasteiger partial charge in [-0.15, -0.1) is 0 Å². The van der Waals surface area contributed by atoms with Crippen molar-refractivity contribution in [2.75, 3.05) is 37.8 Å². The number of hydrogen-bond donors (Lipinski definition) is 3. The lowest BCUT2D eigenvalue weighted by Gasteiger charge is -2.20. The molecule has 1 rings (SSSR count). The van der Waals surface area contributed by atoms with Crippen molar-refractivity contribution in [2.24, 2.45) is 0 Å². The highest BCUT2D eigenvalue weighted by atomic mass is 16.2. The number of amides is 2. The van der Waals surface area contributed by atoms with Crippen LogP contribution in [0.3, 0.4) is 0 Å². The summed E-state index contributed by atoms with van der Waals surface area (Å²) in [4.78, 5) is 24.7. The summed E-state index contributed by atoms with van der Waals surface area (Å²) < 4.78 is 0. The lowest BCUT2D eigenvalue weighted by molar-refractivity contribution is -0.119. The van der Waals surface area contributed by atoms with E-state index in [-0.39, 0.29) is 18.4 Å². The molecule has 0 spiro atoms. The molecule has 6 nitrogen and oxygen atoms in total. The lowest BCUT2D eigenvalue weighted by Crippen LogP contribution is -2.35. The van der Waals surface area contributed by atoms with Crippen molar-refractivity contribution in [3.05, 3.63) is 23.8 Å². The highest BCUT2D eigenvalue weighted by Gasteiger charge is 2.11. The largest absolute Gasteiger partial charge is 0.397 e. The number of nitrogen functional groups attached to an aromatic ring is 1. The predicted molar refractivity (Wildman–Crippen MR) is 76.2 cm³/mol. The Balaban J connectivity index is 2.84. The maximum atomic E-state index is 11.5. The van der Waals surface area contributed by atoms with Crippen LogP contribution in [0.5, 0.6) is 0 Å². The lowest BCUT2D eigenvalue weighted by atomic mass is 10.1. The van der Waals surface area contributed by atoms with Crippen molar-refractivity contribution < 1.29 is 9.59 Å². The molecule has 0 saturated carbocycles. The third kappa shape index (κ3) is 3.87. The van der Waals surface area contributed by atoms with E-state index in [9.17, 15) is 9.59 Å². The topological polar surface area (TPSA) is 87.5 Å². The van der Waals surface area contributed by atoms with Gasteiger partial charge in [-0.05, 0) is 25.1 Å². The van der Waals surface area contributed by atoms with Crippen LogP contribution in [0.25, 0.3) is 0 Å². The van der Waals surface area contributed by atoms with Gasteiger partial charge >= 0.3 is 0 Å². The first-order valence-corrected chi connectivity index (χ1v) is 6.09. The summed E-state index contributed by atoms with van der Waals surface area (Å²) in [5, 5.41) is 5.25. The van der Waals surface area contributed by atoms with E-state index < -0.39 is 0 Å². The van der Waals surface area contributed by atoms with E-state index >= 15 is 0 Å². The van der Waals surface area contributed by atoms with Crippen LogP contribution in [0.15, 0.2) is 18.2 Å². The average molecular weight is 264 g/mol. The Hall–Kier alpha value is -2.24. The van der Waals surface area contributed by atoms with Gasteiger partial charge in [0, 0.05) is 26.2 Å². The Morgan fingerprint density at radius 1 is 1.37 bits per heavy atom. The molecule has 0 aliphatic rings. The fraction of sp³-hybridized carbons (Fsp3) is 0.385. The highest BCUT2D eigenvalue weighted by molar-refractivity contribution is 5.96. The first-order valence-electron chi connectivity index (χ1n) is 6.09. The van der Waals surface area contributed by atoms with E-state index in [0.717, 1.165) is 5.69 Å². The first kappa shape index (κ1) is 14.8. The van der Waals surface area contributed by atoms with E-state index in [4.69, 9.17) is 5.73 Å². The molecule has 0 heterocycles. The Morgan fingerprint density at radius 3 is 2.58 bits per heavy atom. The fourth-order valence-electron chi connectivity index (χ4n) is 1.74. The van der Waals surface area contributed by atoms with E-state index in [0.29, 0.717) is 17.8 Å². The third-order valence-corrected chi connectivity index (χ3v) is 2.68. The summed E-state index contributed by atoms with van der Waals surface area (Å²) >= 11 is 0. The molecule has 0 radical (unpaired) electrons. The van der Waals surface area contributed by atoms with Gasteiger partial charge < -0.3 is 21.3 Å². The summed E-state index contributed by atoms with van der Waals surface area (Å²) in [5.74, 6) is -0.260. The number of anilines is 2. The van der Waals surface area contributed by atoms with Crippen LogP contribution in [0.1, 0.15) is 17.3 Å². The van der Waals surface area contributed by atoms with Gasteiger partial charge in [0.15, 0.2) is 0 Å². The average Bonchev–Trinajstić information content (AvgIpc) is 2.37. The van der Waals surface area contributed by atoms with Crippen LogP contribution < -0.4 is 21.3 Å². The standard InChI is InChI=1S/C13H20N4O2/c1-4-16-12(18)8-17(3)11-6-5-9(7-10(11)14)13(19)15-2/h5-7H,4,8,14H2,1-3H3,(H,15,19)(H,16,18). The van der Waals surface area contributed by atoms with Crippen molar-refractivity contribution in [2.45, 2.75) is 6.92 Å². The number of rotatable bonds is 5. The van der Waals surface area contributed by atoms with Crippen LogP contribution in [0.4, 0.5) is 11.4 Å². The molecule has 0 atom stereocenters. The smallest absolute Gasteiger partial charge is 0.251 e. The second-order valence-corrected chi connectivity index (χ2v) is 4.16. The molecule has 1 aromatic rings. The molecule has 0 saturated heterocycles. The molecule has 2 amide bonds. The molecule has 0 bridgehead atoms. The summed E-state index contributed by atoms with van der Waals surface area (Å²) in [5.41, 5.74) is 7.59. The van der Waals surface area contributed by atoms with Gasteiger partial charge in [-0.1, -0.05) is 0 Å². The monoisotopic (exact) mass is 264 g/mol. The minimum atomic E-state index is -0.190. The molecule has 6 heteroatoms. The number of benzene rings is 1. The van der Waals surface area contributed by atoms with Crippen molar-refractivity contribution >= 4 is 23.2 Å². The van der Waals surface area contributed by atoms with Crippen LogP contribution in [0.2, 0.25) is 0 Å². The van der Waals surface area contributed by atoms with Gasteiger partial charge in [0.1, 0.15) is 0 Å². The maximum absolute atomic E-state index is 11.5. The van der Waals surface area contributed by atoms with Gasteiger partial charge in [0.25, 0.3) is 5.91 Å². The molecule has 19 heavy (non-hydrogen) atoms. The SMILES string of the molecule is CCNC(=O)CN(C)c1ccc(C(=O)NC)cc1N. The number of likely N-dealkylation sites (N-methyl/N-ethyl adjacent to an activating group) is 2. The molecule has 0 unspecified atom stereocenters. The maximum Gasteiger partial charge on any atom is 0.251 e. The van der Waals surface area contributed by atoms with Gasteiger partial charge in [-0.3, -0.25) is 9.59 Å². The van der Waals surface area contributed by atoms with Crippen molar-refractivity contribution in [1.29, 1.82) is 0 Å². The second-order valence-electron chi connectivity index (χ2n) is 4.16. The van der Waals surface area contributed by atoms with E-state index in [2.05, 4.69) is 10.6 Å². The Bertz CT molecular complexity index is 474. The Labute approximate surface area is 113 Å². The Kier molecular flexibility index (Phi) is 5.17. The second kappa shape index (κ2) is 6.63. The van der Waals surface area contributed by atoms with Gasteiger partial charge in [0.2, 0.25) is 5.91 Å². The first-order chi connectivity index (χ1) is 8.99. The molecule has 104 valence electrons. The van der Waals surface area contributed by atoms with Gasteiger partial charge in [0.05, 0.1) is 17.9 Å². The number of hydrogen-bond acceptors (Lipinski definition) is 4. The van der Waals surface area contributed by atoms with E-state index in [1.54, 1.807) is 37.2 Å². The number of carbonyl (C=O) groups excluding carboxylic acids is 2. The van der Waals surface area contributed by atoms with Crippen molar-refractivity contribution in [3.63, 3.8) is 0 Å².